The summed E-state index contributed by atoms with van der Waals surface area (Å²) in [6.07, 6.45) is 5.31. The summed E-state index contributed by atoms with van der Waals surface area (Å²) in [5.74, 6) is 1.41. The van der Waals surface area contributed by atoms with E-state index in [1.807, 2.05) is 0 Å². The summed E-state index contributed by atoms with van der Waals surface area (Å²) in [4.78, 5) is 1.33. The van der Waals surface area contributed by atoms with Gasteiger partial charge in [0.1, 0.15) is 0 Å². The molecule has 2 rings (SSSR count). The summed E-state index contributed by atoms with van der Waals surface area (Å²) in [6, 6.07) is 4.22. The van der Waals surface area contributed by atoms with Gasteiger partial charge in [0, 0.05) is 11.3 Å². The molecule has 1 aliphatic carbocycles. The molecule has 2 unspecified atom stereocenters. The Hall–Kier alpha value is -0.340. The maximum absolute atomic E-state index is 10.7. The van der Waals surface area contributed by atoms with Crippen LogP contribution in [0.1, 0.15) is 44.4 Å². The van der Waals surface area contributed by atoms with Gasteiger partial charge in [-0.15, -0.1) is 11.3 Å². The highest BCUT2D eigenvalue weighted by Gasteiger charge is 2.35. The minimum atomic E-state index is -0.432. The van der Waals surface area contributed by atoms with Crippen molar-refractivity contribution >= 4 is 11.3 Å². The first-order valence-corrected chi connectivity index (χ1v) is 7.22. The van der Waals surface area contributed by atoms with Gasteiger partial charge in [-0.2, -0.15) is 0 Å². The van der Waals surface area contributed by atoms with Crippen LogP contribution in [0.5, 0.6) is 0 Å². The zero-order valence-corrected chi connectivity index (χ0v) is 11.1. The molecule has 1 aromatic rings. The summed E-state index contributed by atoms with van der Waals surface area (Å²) in [5, 5.41) is 12.8. The average Bonchev–Trinajstić information content (AvgIpc) is 2.69. The van der Waals surface area contributed by atoms with Crippen LogP contribution in [0.15, 0.2) is 17.5 Å². The Kier molecular flexibility index (Phi) is 3.70. The van der Waals surface area contributed by atoms with Gasteiger partial charge < -0.3 is 5.11 Å². The second-order valence-corrected chi connectivity index (χ2v) is 6.61. The molecule has 1 nitrogen and oxygen atoms in total. The molecule has 1 N–H and O–H groups in total. The van der Waals surface area contributed by atoms with Crippen LogP contribution in [0.3, 0.4) is 0 Å². The van der Waals surface area contributed by atoms with E-state index >= 15 is 0 Å². The third-order valence-corrected chi connectivity index (χ3v) is 4.76. The smallest absolute Gasteiger partial charge is 0.0698 e. The molecule has 0 saturated heterocycles. The van der Waals surface area contributed by atoms with Crippen LogP contribution in [0.2, 0.25) is 0 Å². The summed E-state index contributed by atoms with van der Waals surface area (Å²) in [5.41, 5.74) is -0.432. The monoisotopic (exact) mass is 238 g/mol. The van der Waals surface area contributed by atoms with E-state index in [2.05, 4.69) is 31.4 Å². The molecule has 1 heterocycles. The van der Waals surface area contributed by atoms with E-state index in [9.17, 15) is 5.11 Å². The Labute approximate surface area is 103 Å². The van der Waals surface area contributed by atoms with Crippen molar-refractivity contribution < 1.29 is 5.11 Å². The summed E-state index contributed by atoms with van der Waals surface area (Å²) in [7, 11) is 0. The molecule has 0 bridgehead atoms. The molecule has 1 fully saturated rings. The van der Waals surface area contributed by atoms with Crippen LogP contribution in [0.4, 0.5) is 0 Å². The first kappa shape index (κ1) is 12.1. The van der Waals surface area contributed by atoms with Gasteiger partial charge in [0.05, 0.1) is 5.60 Å². The highest BCUT2D eigenvalue weighted by Crippen LogP contribution is 2.38. The van der Waals surface area contributed by atoms with E-state index < -0.39 is 5.60 Å². The summed E-state index contributed by atoms with van der Waals surface area (Å²) < 4.78 is 0. The molecule has 2 atom stereocenters. The Balaban J connectivity index is 2.01. The van der Waals surface area contributed by atoms with Crippen LogP contribution in [0.25, 0.3) is 0 Å². The van der Waals surface area contributed by atoms with Crippen LogP contribution in [0, 0.1) is 11.8 Å². The lowest BCUT2D eigenvalue weighted by Gasteiger charge is -2.38. The van der Waals surface area contributed by atoms with Gasteiger partial charge in [-0.1, -0.05) is 26.3 Å². The SMILES string of the molecule is CC(C)C1CCCC(O)(Cc2cccs2)C1. The van der Waals surface area contributed by atoms with Gasteiger partial charge in [0.25, 0.3) is 0 Å². The third kappa shape index (κ3) is 2.86. The van der Waals surface area contributed by atoms with Crippen molar-refractivity contribution in [3.8, 4) is 0 Å². The fraction of sp³-hybridized carbons (Fsp3) is 0.714. The van der Waals surface area contributed by atoms with E-state index in [0.29, 0.717) is 11.8 Å². The highest BCUT2D eigenvalue weighted by molar-refractivity contribution is 7.09. The first-order valence-electron chi connectivity index (χ1n) is 6.34. The van der Waals surface area contributed by atoms with E-state index in [4.69, 9.17) is 0 Å². The Morgan fingerprint density at radius 1 is 1.56 bits per heavy atom. The molecule has 0 aromatic carbocycles. The van der Waals surface area contributed by atoms with E-state index in [-0.39, 0.29) is 0 Å². The predicted octanol–water partition coefficient (Wildman–Crippen LogP) is 3.87. The van der Waals surface area contributed by atoms with Crippen LogP contribution >= 0.6 is 11.3 Å². The van der Waals surface area contributed by atoms with E-state index in [1.165, 1.54) is 17.7 Å². The molecular weight excluding hydrogens is 216 g/mol. The number of hydrogen-bond donors (Lipinski definition) is 1. The zero-order chi connectivity index (χ0) is 11.6. The lowest BCUT2D eigenvalue weighted by Crippen LogP contribution is -2.38. The molecular formula is C14H22OS. The molecule has 2 heteroatoms. The largest absolute Gasteiger partial charge is 0.390 e. The fourth-order valence-corrected chi connectivity index (χ4v) is 3.69. The van der Waals surface area contributed by atoms with Crippen molar-refractivity contribution in [1.29, 1.82) is 0 Å². The lowest BCUT2D eigenvalue weighted by molar-refractivity contribution is -0.0233. The van der Waals surface area contributed by atoms with Gasteiger partial charge in [0.2, 0.25) is 0 Å². The third-order valence-electron chi connectivity index (χ3n) is 3.89. The van der Waals surface area contributed by atoms with E-state index in [0.717, 1.165) is 19.3 Å². The van der Waals surface area contributed by atoms with Gasteiger partial charge in [-0.05, 0) is 42.5 Å². The van der Waals surface area contributed by atoms with Crippen LogP contribution < -0.4 is 0 Å². The average molecular weight is 238 g/mol. The second-order valence-electron chi connectivity index (χ2n) is 5.58. The molecule has 0 aliphatic heterocycles. The predicted molar refractivity (Wildman–Crippen MR) is 69.8 cm³/mol. The van der Waals surface area contributed by atoms with Crippen molar-refractivity contribution in [2.24, 2.45) is 11.8 Å². The summed E-state index contributed by atoms with van der Waals surface area (Å²) >= 11 is 1.76. The minimum Gasteiger partial charge on any atom is -0.390 e. The van der Waals surface area contributed by atoms with E-state index in [1.54, 1.807) is 11.3 Å². The maximum Gasteiger partial charge on any atom is 0.0698 e. The second kappa shape index (κ2) is 4.89. The highest BCUT2D eigenvalue weighted by atomic mass is 32.1. The number of rotatable bonds is 3. The van der Waals surface area contributed by atoms with Crippen molar-refractivity contribution in [2.75, 3.05) is 0 Å². The number of hydrogen-bond acceptors (Lipinski definition) is 2. The van der Waals surface area contributed by atoms with Gasteiger partial charge >= 0.3 is 0 Å². The van der Waals surface area contributed by atoms with Crippen molar-refractivity contribution in [2.45, 2.75) is 51.6 Å². The lowest BCUT2D eigenvalue weighted by atomic mass is 9.72. The molecule has 1 aromatic heterocycles. The topological polar surface area (TPSA) is 20.2 Å². The molecule has 90 valence electrons. The van der Waals surface area contributed by atoms with Crippen LogP contribution in [-0.2, 0) is 6.42 Å². The Morgan fingerprint density at radius 3 is 3.00 bits per heavy atom. The molecule has 0 radical (unpaired) electrons. The fourth-order valence-electron chi connectivity index (χ4n) is 2.85. The molecule has 1 saturated carbocycles. The molecule has 0 spiro atoms. The number of thiophene rings is 1. The van der Waals surface area contributed by atoms with Crippen LogP contribution in [-0.4, -0.2) is 10.7 Å². The number of aliphatic hydroxyl groups is 1. The summed E-state index contributed by atoms with van der Waals surface area (Å²) in [6.45, 7) is 4.56. The quantitative estimate of drug-likeness (QED) is 0.847. The van der Waals surface area contributed by atoms with Gasteiger partial charge in [-0.3, -0.25) is 0 Å². The van der Waals surface area contributed by atoms with Gasteiger partial charge in [-0.25, -0.2) is 0 Å². The van der Waals surface area contributed by atoms with Crippen molar-refractivity contribution in [3.05, 3.63) is 22.4 Å². The normalized spacial score (nSPS) is 30.9. The minimum absolute atomic E-state index is 0.432. The molecule has 0 amide bonds. The Bertz CT molecular complexity index is 317. The zero-order valence-electron chi connectivity index (χ0n) is 10.3. The Morgan fingerprint density at radius 2 is 2.38 bits per heavy atom. The van der Waals surface area contributed by atoms with Crippen molar-refractivity contribution in [3.63, 3.8) is 0 Å². The van der Waals surface area contributed by atoms with Crippen molar-refractivity contribution in [1.82, 2.24) is 0 Å². The maximum atomic E-state index is 10.7. The molecule has 1 aliphatic rings. The first-order chi connectivity index (χ1) is 7.59. The standard InChI is InChI=1S/C14H22OS/c1-11(2)12-5-3-7-14(15,9-12)10-13-6-4-8-16-13/h4,6,8,11-12,15H,3,5,7,9-10H2,1-2H3. The van der Waals surface area contributed by atoms with Gasteiger partial charge in [0.15, 0.2) is 0 Å². The molecule has 16 heavy (non-hydrogen) atoms.